The number of nitrogens with zero attached hydrogens (tertiary/aromatic N) is 3. The topological polar surface area (TPSA) is 75.1 Å². The van der Waals surface area contributed by atoms with E-state index in [1.807, 2.05) is 34.6 Å². The molecule has 242 valence electrons. The average molecular weight is 618 g/mol. The molecule has 1 atom stereocenters. The Hall–Kier alpha value is -3.49. The van der Waals surface area contributed by atoms with Crippen LogP contribution in [0.3, 0.4) is 0 Å². The Balaban J connectivity index is 1.54. The van der Waals surface area contributed by atoms with E-state index >= 15 is 0 Å². The average Bonchev–Trinajstić information content (AvgIpc) is 2.96. The van der Waals surface area contributed by atoms with Gasteiger partial charge in [0.2, 0.25) is 0 Å². The minimum Gasteiger partial charge on any atom is -0.497 e. The number of rotatable bonds is 8. The van der Waals surface area contributed by atoms with Crippen LogP contribution in [0, 0.1) is 25.1 Å². The number of anilines is 1. The van der Waals surface area contributed by atoms with Crippen LogP contribution in [0.1, 0.15) is 87.2 Å². The molecule has 1 N–H and O–H groups in total. The highest BCUT2D eigenvalue weighted by atomic mass is 19.1. The Morgan fingerprint density at radius 3 is 2.38 bits per heavy atom. The van der Waals surface area contributed by atoms with Crippen LogP contribution in [0.2, 0.25) is 0 Å². The number of piperidine rings is 1. The molecular formula is C37H48FN3O4. The Bertz CT molecular complexity index is 1570. The van der Waals surface area contributed by atoms with Crippen molar-refractivity contribution in [3.05, 3.63) is 75.9 Å². The first-order valence-corrected chi connectivity index (χ1v) is 16.0. The third kappa shape index (κ3) is 7.33. The number of benzene rings is 2. The Labute approximate surface area is 267 Å². The number of aromatic nitrogens is 1. The number of aryl methyl sites for hydroxylation is 2. The summed E-state index contributed by atoms with van der Waals surface area (Å²) in [5.74, 6) is -0.747. The van der Waals surface area contributed by atoms with Crippen molar-refractivity contribution in [1.82, 2.24) is 9.88 Å². The van der Waals surface area contributed by atoms with Crippen LogP contribution < -0.4 is 9.64 Å². The maximum absolute atomic E-state index is 14.7. The summed E-state index contributed by atoms with van der Waals surface area (Å²) >= 11 is 0. The summed E-state index contributed by atoms with van der Waals surface area (Å²) in [7, 11) is 1.54. The number of hydrogen-bond acceptors (Lipinski definition) is 6. The number of fused-ring (bicyclic) bond motifs is 1. The zero-order valence-corrected chi connectivity index (χ0v) is 28.1. The third-order valence-electron chi connectivity index (χ3n) is 9.21. The Kier molecular flexibility index (Phi) is 9.30. The molecule has 0 spiro atoms. The fourth-order valence-electron chi connectivity index (χ4n) is 6.68. The van der Waals surface area contributed by atoms with E-state index in [-0.39, 0.29) is 11.2 Å². The maximum Gasteiger partial charge on any atom is 0.337 e. The molecule has 1 saturated heterocycles. The Morgan fingerprint density at radius 1 is 1.04 bits per heavy atom. The van der Waals surface area contributed by atoms with Crippen LogP contribution in [-0.4, -0.2) is 53.3 Å². The van der Waals surface area contributed by atoms with Crippen LogP contribution in [0.5, 0.6) is 5.75 Å². The second-order valence-corrected chi connectivity index (χ2v) is 14.4. The van der Waals surface area contributed by atoms with E-state index in [2.05, 4.69) is 41.8 Å². The molecule has 2 aliphatic rings. The van der Waals surface area contributed by atoms with E-state index in [1.54, 1.807) is 19.2 Å². The number of pyridine rings is 1. The van der Waals surface area contributed by atoms with Crippen molar-refractivity contribution in [1.29, 1.82) is 0 Å². The van der Waals surface area contributed by atoms with Gasteiger partial charge in [0.1, 0.15) is 11.6 Å². The second-order valence-electron chi connectivity index (χ2n) is 14.4. The van der Waals surface area contributed by atoms with Gasteiger partial charge in [-0.15, -0.1) is 0 Å². The molecule has 45 heavy (non-hydrogen) atoms. The van der Waals surface area contributed by atoms with Gasteiger partial charge in [-0.25, -0.2) is 9.18 Å². The number of carbonyl (C=O) groups is 1. The minimum absolute atomic E-state index is 0.231. The van der Waals surface area contributed by atoms with Gasteiger partial charge in [0.25, 0.3) is 0 Å². The first kappa shape index (κ1) is 32.9. The molecule has 0 radical (unpaired) electrons. The quantitative estimate of drug-likeness (QED) is 0.278. The molecule has 1 aromatic heterocycles. The lowest BCUT2D eigenvalue weighted by Crippen LogP contribution is -2.39. The molecule has 3 heterocycles. The molecule has 0 saturated carbocycles. The van der Waals surface area contributed by atoms with Crippen molar-refractivity contribution >= 4 is 11.7 Å². The molecule has 8 heteroatoms. The molecule has 1 fully saturated rings. The molecule has 7 nitrogen and oxygen atoms in total. The predicted molar refractivity (Wildman–Crippen MR) is 176 cm³/mol. The number of aliphatic carboxylic acids is 1. The highest BCUT2D eigenvalue weighted by molar-refractivity contribution is 5.88. The highest BCUT2D eigenvalue weighted by Crippen LogP contribution is 2.45. The lowest BCUT2D eigenvalue weighted by atomic mass is 9.81. The standard InChI is InChI=1S/C37H48FN3O4/c1-23-31(26-9-10-27-21-40(16-13-25(27)19-26)22-28-11-12-29(44-8)20-30(28)38)33(41-17-14-37(6,7)15-18-41)32(24(2)39-23)34(35(42)43)45-36(3,4)5/h9-12,19-20,34H,13-18,21-22H2,1-8H3,(H,42,43). The fraction of sp³-hybridized carbons (Fsp3) is 0.514. The monoisotopic (exact) mass is 617 g/mol. The summed E-state index contributed by atoms with van der Waals surface area (Å²) in [6.45, 7) is 17.9. The van der Waals surface area contributed by atoms with Gasteiger partial charge < -0.3 is 19.5 Å². The molecule has 0 amide bonds. The second kappa shape index (κ2) is 12.7. The SMILES string of the molecule is COc1ccc(CN2CCc3cc(-c4c(C)nc(C)c(C(OC(C)(C)C)C(=O)O)c4N4CCC(C)(C)CC4)ccc3C2)c(F)c1. The Morgan fingerprint density at radius 2 is 1.76 bits per heavy atom. The molecular weight excluding hydrogens is 569 g/mol. The number of carboxylic acids is 1. The van der Waals surface area contributed by atoms with Crippen molar-refractivity contribution < 1.29 is 23.8 Å². The molecule has 3 aromatic rings. The number of halogens is 1. The summed E-state index contributed by atoms with van der Waals surface area (Å²) in [5.41, 5.74) is 7.86. The maximum atomic E-state index is 14.7. The van der Waals surface area contributed by atoms with E-state index < -0.39 is 17.7 Å². The van der Waals surface area contributed by atoms with Gasteiger partial charge in [0.15, 0.2) is 6.10 Å². The summed E-state index contributed by atoms with van der Waals surface area (Å²) in [6, 6.07) is 11.6. The van der Waals surface area contributed by atoms with E-state index in [0.29, 0.717) is 29.1 Å². The number of methoxy groups -OCH3 is 1. The van der Waals surface area contributed by atoms with E-state index in [0.717, 1.165) is 67.9 Å². The zero-order chi connectivity index (χ0) is 32.7. The van der Waals surface area contributed by atoms with Crippen molar-refractivity contribution in [2.45, 2.75) is 92.5 Å². The van der Waals surface area contributed by atoms with Gasteiger partial charge in [0.05, 0.1) is 18.4 Å². The summed E-state index contributed by atoms with van der Waals surface area (Å²) in [4.78, 5) is 22.4. The van der Waals surface area contributed by atoms with Gasteiger partial charge in [0, 0.05) is 66.9 Å². The van der Waals surface area contributed by atoms with E-state index in [1.165, 1.54) is 17.2 Å². The van der Waals surface area contributed by atoms with Crippen molar-refractivity contribution in [3.63, 3.8) is 0 Å². The van der Waals surface area contributed by atoms with Crippen LogP contribution in [0.4, 0.5) is 10.1 Å². The summed E-state index contributed by atoms with van der Waals surface area (Å²) < 4.78 is 26.1. The third-order valence-corrected chi connectivity index (χ3v) is 9.21. The lowest BCUT2D eigenvalue weighted by Gasteiger charge is -2.41. The normalized spacial score (nSPS) is 17.6. The predicted octanol–water partition coefficient (Wildman–Crippen LogP) is 7.64. The van der Waals surface area contributed by atoms with Crippen LogP contribution >= 0.6 is 0 Å². The van der Waals surface area contributed by atoms with Gasteiger partial charge in [-0.3, -0.25) is 9.88 Å². The van der Waals surface area contributed by atoms with Crippen molar-refractivity contribution in [3.8, 4) is 16.9 Å². The largest absolute Gasteiger partial charge is 0.497 e. The molecule has 2 aliphatic heterocycles. The number of hydrogen-bond donors (Lipinski definition) is 1. The number of carboxylic acid groups (broad SMARTS) is 1. The van der Waals surface area contributed by atoms with Gasteiger partial charge in [-0.2, -0.15) is 0 Å². The first-order valence-electron chi connectivity index (χ1n) is 16.0. The van der Waals surface area contributed by atoms with Gasteiger partial charge >= 0.3 is 5.97 Å². The van der Waals surface area contributed by atoms with Gasteiger partial charge in [-0.1, -0.05) is 38.1 Å². The summed E-state index contributed by atoms with van der Waals surface area (Å²) in [6.07, 6.45) is 1.72. The molecule has 0 bridgehead atoms. The zero-order valence-electron chi connectivity index (χ0n) is 28.1. The lowest BCUT2D eigenvalue weighted by molar-refractivity contribution is -0.160. The van der Waals surface area contributed by atoms with Crippen LogP contribution in [0.25, 0.3) is 11.1 Å². The minimum atomic E-state index is -1.15. The first-order chi connectivity index (χ1) is 21.2. The van der Waals surface area contributed by atoms with E-state index in [9.17, 15) is 14.3 Å². The van der Waals surface area contributed by atoms with Crippen LogP contribution in [0.15, 0.2) is 36.4 Å². The summed E-state index contributed by atoms with van der Waals surface area (Å²) in [5, 5.41) is 10.5. The molecule has 0 aliphatic carbocycles. The van der Waals surface area contributed by atoms with Crippen molar-refractivity contribution in [2.24, 2.45) is 5.41 Å². The fourth-order valence-corrected chi connectivity index (χ4v) is 6.68. The van der Waals surface area contributed by atoms with Crippen molar-refractivity contribution in [2.75, 3.05) is 31.6 Å². The van der Waals surface area contributed by atoms with E-state index in [4.69, 9.17) is 14.5 Å². The highest BCUT2D eigenvalue weighted by Gasteiger charge is 2.36. The number of ether oxygens (including phenoxy) is 2. The van der Waals surface area contributed by atoms with Crippen LogP contribution in [-0.2, 0) is 29.0 Å². The van der Waals surface area contributed by atoms with Gasteiger partial charge in [-0.05, 0) is 82.1 Å². The molecule has 1 unspecified atom stereocenters. The smallest absolute Gasteiger partial charge is 0.337 e. The molecule has 2 aromatic carbocycles. The molecule has 5 rings (SSSR count).